The average Bonchev–Trinajstić information content (AvgIpc) is 3.13. The Bertz CT molecular complexity index is 775. The first-order chi connectivity index (χ1) is 25.2. The van der Waals surface area contributed by atoms with Gasteiger partial charge in [-0.15, -0.1) is 0 Å². The Balaban J connectivity index is 3.53. The number of carbonyl (C=O) groups excluding carboxylic acids is 1. The van der Waals surface area contributed by atoms with Gasteiger partial charge in [-0.25, -0.2) is 0 Å². The fourth-order valence-electron chi connectivity index (χ4n) is 6.84. The van der Waals surface area contributed by atoms with Gasteiger partial charge in [-0.1, -0.05) is 211 Å². The summed E-state index contributed by atoms with van der Waals surface area (Å²) in [6.07, 6.45) is 56.9. The fraction of sp³-hybridized carbons (Fsp3) is 0.851. The molecule has 0 aliphatic heterocycles. The number of carbonyl (C=O) groups is 1. The van der Waals surface area contributed by atoms with Gasteiger partial charge in [0.25, 0.3) is 0 Å². The van der Waals surface area contributed by atoms with Crippen LogP contribution >= 0.6 is 0 Å². The molecule has 300 valence electrons. The number of aliphatic hydroxyl groups excluding tert-OH is 2. The van der Waals surface area contributed by atoms with Crippen LogP contribution in [0.2, 0.25) is 0 Å². The zero-order chi connectivity index (χ0) is 37.1. The van der Waals surface area contributed by atoms with Crippen LogP contribution in [0.15, 0.2) is 36.5 Å². The van der Waals surface area contributed by atoms with E-state index in [-0.39, 0.29) is 12.5 Å². The van der Waals surface area contributed by atoms with Gasteiger partial charge in [0.05, 0.1) is 18.8 Å². The number of allylic oxidation sites excluding steroid dienone is 5. The Morgan fingerprint density at radius 2 is 0.765 bits per heavy atom. The smallest absolute Gasteiger partial charge is 0.220 e. The van der Waals surface area contributed by atoms with Crippen LogP contribution in [0, 0.1) is 0 Å². The predicted octanol–water partition coefficient (Wildman–Crippen LogP) is 14.2. The summed E-state index contributed by atoms with van der Waals surface area (Å²) in [7, 11) is 0. The van der Waals surface area contributed by atoms with E-state index in [1.165, 1.54) is 186 Å². The molecule has 0 saturated carbocycles. The summed E-state index contributed by atoms with van der Waals surface area (Å²) in [4.78, 5) is 12.4. The first-order valence-electron chi connectivity index (χ1n) is 22.7. The van der Waals surface area contributed by atoms with Crippen LogP contribution in [0.5, 0.6) is 0 Å². The standard InChI is InChI=1S/C47H89NO3/c1-3-5-7-9-11-13-15-17-19-20-21-22-23-24-25-26-27-28-29-31-33-35-37-39-41-43-47(51)48-45(44-49)46(50)42-40-38-36-34-32-30-18-16-14-12-10-8-6-4-2/h20-21,32,34,40,42,45-46,49-50H,3-19,22-31,33,35-39,41,43-44H2,1-2H3,(H,48,51)/b21-20-,34-32+,42-40+. The minimum absolute atomic E-state index is 0.0732. The van der Waals surface area contributed by atoms with Crippen LogP contribution in [-0.4, -0.2) is 34.9 Å². The molecule has 0 radical (unpaired) electrons. The molecule has 0 heterocycles. The van der Waals surface area contributed by atoms with Crippen LogP contribution in [0.25, 0.3) is 0 Å². The molecular formula is C47H89NO3. The summed E-state index contributed by atoms with van der Waals surface area (Å²) in [6.45, 7) is 4.30. The van der Waals surface area contributed by atoms with Crippen molar-refractivity contribution < 1.29 is 15.0 Å². The van der Waals surface area contributed by atoms with Gasteiger partial charge in [0.15, 0.2) is 0 Å². The van der Waals surface area contributed by atoms with Crippen LogP contribution in [0.1, 0.15) is 239 Å². The lowest BCUT2D eigenvalue weighted by atomic mass is 10.0. The van der Waals surface area contributed by atoms with E-state index in [4.69, 9.17) is 0 Å². The summed E-state index contributed by atoms with van der Waals surface area (Å²) >= 11 is 0. The summed E-state index contributed by atoms with van der Waals surface area (Å²) in [5.41, 5.74) is 0. The zero-order valence-electron chi connectivity index (χ0n) is 34.4. The number of amides is 1. The second kappa shape index (κ2) is 43.0. The Labute approximate surface area is 319 Å². The van der Waals surface area contributed by atoms with Crippen molar-refractivity contribution in [2.24, 2.45) is 0 Å². The molecule has 0 saturated heterocycles. The molecule has 1 amide bonds. The molecule has 0 fully saturated rings. The molecule has 0 aliphatic rings. The number of nitrogens with one attached hydrogen (secondary N) is 1. The second-order valence-electron chi connectivity index (χ2n) is 15.5. The molecule has 0 rings (SSSR count). The molecular weight excluding hydrogens is 627 g/mol. The van der Waals surface area contributed by atoms with Gasteiger partial charge >= 0.3 is 0 Å². The Kier molecular flexibility index (Phi) is 41.8. The van der Waals surface area contributed by atoms with E-state index < -0.39 is 12.1 Å². The number of unbranched alkanes of at least 4 members (excludes halogenated alkanes) is 30. The topological polar surface area (TPSA) is 69.6 Å². The lowest BCUT2D eigenvalue weighted by Crippen LogP contribution is -2.45. The monoisotopic (exact) mass is 716 g/mol. The van der Waals surface area contributed by atoms with Crippen molar-refractivity contribution in [3.8, 4) is 0 Å². The van der Waals surface area contributed by atoms with E-state index in [2.05, 4.69) is 43.5 Å². The van der Waals surface area contributed by atoms with Gasteiger partial charge in [0.1, 0.15) is 0 Å². The third-order valence-electron chi connectivity index (χ3n) is 10.3. The van der Waals surface area contributed by atoms with Gasteiger partial charge in [-0.2, -0.15) is 0 Å². The van der Waals surface area contributed by atoms with Crippen LogP contribution < -0.4 is 5.32 Å². The van der Waals surface area contributed by atoms with Crippen molar-refractivity contribution >= 4 is 5.91 Å². The van der Waals surface area contributed by atoms with Gasteiger partial charge in [0, 0.05) is 6.42 Å². The fourth-order valence-corrected chi connectivity index (χ4v) is 6.84. The first-order valence-corrected chi connectivity index (χ1v) is 22.7. The number of hydrogen-bond acceptors (Lipinski definition) is 3. The van der Waals surface area contributed by atoms with Gasteiger partial charge in [-0.3, -0.25) is 4.79 Å². The van der Waals surface area contributed by atoms with E-state index >= 15 is 0 Å². The Morgan fingerprint density at radius 3 is 1.14 bits per heavy atom. The highest BCUT2D eigenvalue weighted by molar-refractivity contribution is 5.76. The molecule has 3 N–H and O–H groups in total. The molecule has 0 spiro atoms. The molecule has 51 heavy (non-hydrogen) atoms. The van der Waals surface area contributed by atoms with Crippen molar-refractivity contribution in [1.82, 2.24) is 5.32 Å². The third-order valence-corrected chi connectivity index (χ3v) is 10.3. The van der Waals surface area contributed by atoms with E-state index in [1.54, 1.807) is 6.08 Å². The molecule has 2 atom stereocenters. The van der Waals surface area contributed by atoms with Crippen molar-refractivity contribution in [3.05, 3.63) is 36.5 Å². The minimum Gasteiger partial charge on any atom is -0.394 e. The van der Waals surface area contributed by atoms with E-state index in [1.807, 2.05) is 6.08 Å². The minimum atomic E-state index is -0.859. The predicted molar refractivity (Wildman–Crippen MR) is 225 cm³/mol. The SMILES string of the molecule is CCCCCCCCCC/C=C\CCCCCCCCCCCCCCCC(=O)NC(CO)C(O)/C=C/CC/C=C/CCCCCCCCCC. The number of hydrogen-bond donors (Lipinski definition) is 3. The molecule has 2 unspecified atom stereocenters. The average molecular weight is 716 g/mol. The third kappa shape index (κ3) is 39.6. The van der Waals surface area contributed by atoms with Crippen molar-refractivity contribution in [2.45, 2.75) is 251 Å². The van der Waals surface area contributed by atoms with Crippen molar-refractivity contribution in [2.75, 3.05) is 6.61 Å². The molecule has 4 nitrogen and oxygen atoms in total. The molecule has 0 aliphatic carbocycles. The molecule has 0 aromatic rings. The Hall–Kier alpha value is -1.39. The van der Waals surface area contributed by atoms with E-state index in [0.29, 0.717) is 6.42 Å². The van der Waals surface area contributed by atoms with Crippen LogP contribution in [0.3, 0.4) is 0 Å². The first kappa shape index (κ1) is 49.6. The highest BCUT2D eigenvalue weighted by Crippen LogP contribution is 2.15. The van der Waals surface area contributed by atoms with Crippen molar-refractivity contribution in [3.63, 3.8) is 0 Å². The maximum absolute atomic E-state index is 12.4. The number of rotatable bonds is 41. The number of aliphatic hydroxyl groups is 2. The lowest BCUT2D eigenvalue weighted by Gasteiger charge is -2.19. The zero-order valence-corrected chi connectivity index (χ0v) is 34.4. The van der Waals surface area contributed by atoms with E-state index in [0.717, 1.165) is 32.1 Å². The normalized spacial score (nSPS) is 13.3. The highest BCUT2D eigenvalue weighted by Gasteiger charge is 2.17. The largest absolute Gasteiger partial charge is 0.394 e. The van der Waals surface area contributed by atoms with E-state index in [9.17, 15) is 15.0 Å². The summed E-state index contributed by atoms with van der Waals surface area (Å²) in [6, 6.07) is -0.636. The summed E-state index contributed by atoms with van der Waals surface area (Å²) in [5, 5.41) is 23.0. The van der Waals surface area contributed by atoms with Crippen molar-refractivity contribution in [1.29, 1.82) is 0 Å². The summed E-state index contributed by atoms with van der Waals surface area (Å²) < 4.78 is 0. The quantitative estimate of drug-likeness (QED) is 0.0436. The highest BCUT2D eigenvalue weighted by atomic mass is 16.3. The van der Waals surface area contributed by atoms with Crippen LogP contribution in [-0.2, 0) is 4.79 Å². The van der Waals surface area contributed by atoms with Gasteiger partial charge in [0.2, 0.25) is 5.91 Å². The molecule has 4 heteroatoms. The van der Waals surface area contributed by atoms with Gasteiger partial charge < -0.3 is 15.5 Å². The molecule has 0 aromatic heterocycles. The summed E-state index contributed by atoms with van der Waals surface area (Å²) in [5.74, 6) is -0.0732. The molecule has 0 bridgehead atoms. The maximum Gasteiger partial charge on any atom is 0.220 e. The lowest BCUT2D eigenvalue weighted by molar-refractivity contribution is -0.123. The Morgan fingerprint density at radius 1 is 0.451 bits per heavy atom. The van der Waals surface area contributed by atoms with Gasteiger partial charge in [-0.05, 0) is 57.8 Å². The second-order valence-corrected chi connectivity index (χ2v) is 15.5. The maximum atomic E-state index is 12.4. The van der Waals surface area contributed by atoms with Crippen LogP contribution in [0.4, 0.5) is 0 Å². The molecule has 0 aromatic carbocycles.